The highest BCUT2D eigenvalue weighted by Gasteiger charge is 2.30. The third kappa shape index (κ3) is 3.21. The molecule has 1 aromatic carbocycles. The zero-order valence-corrected chi connectivity index (χ0v) is 12.1. The van der Waals surface area contributed by atoms with E-state index in [1.807, 2.05) is 12.1 Å². The molecule has 0 amide bonds. The van der Waals surface area contributed by atoms with Crippen LogP contribution in [0.5, 0.6) is 11.5 Å². The maximum atomic E-state index is 9.76. The van der Waals surface area contributed by atoms with Gasteiger partial charge >= 0.3 is 0 Å². The van der Waals surface area contributed by atoms with Gasteiger partial charge in [0, 0.05) is 12.6 Å². The molecule has 1 aliphatic rings. The van der Waals surface area contributed by atoms with E-state index < -0.39 is 0 Å². The largest absolute Gasteiger partial charge is 0.504 e. The van der Waals surface area contributed by atoms with Crippen molar-refractivity contribution >= 4 is 0 Å². The Labute approximate surface area is 116 Å². The van der Waals surface area contributed by atoms with Crippen LogP contribution in [0.3, 0.4) is 0 Å². The van der Waals surface area contributed by atoms with Gasteiger partial charge in [-0.1, -0.05) is 26.3 Å². The summed E-state index contributed by atoms with van der Waals surface area (Å²) in [6.07, 6.45) is 3.88. The van der Waals surface area contributed by atoms with Crippen LogP contribution in [-0.2, 0) is 6.54 Å². The summed E-state index contributed by atoms with van der Waals surface area (Å²) < 4.78 is 5.05. The van der Waals surface area contributed by atoms with Crippen molar-refractivity contribution in [2.24, 2.45) is 11.8 Å². The molecule has 0 radical (unpaired) electrons. The van der Waals surface area contributed by atoms with E-state index in [4.69, 9.17) is 4.74 Å². The third-order valence-electron chi connectivity index (χ3n) is 4.56. The second-order valence-electron chi connectivity index (χ2n) is 5.60. The Morgan fingerprint density at radius 3 is 2.74 bits per heavy atom. The second kappa shape index (κ2) is 6.29. The van der Waals surface area contributed by atoms with Crippen molar-refractivity contribution in [3.63, 3.8) is 0 Å². The Kier molecular flexibility index (Phi) is 4.70. The summed E-state index contributed by atoms with van der Waals surface area (Å²) in [5.74, 6) is 2.36. The van der Waals surface area contributed by atoms with Crippen LogP contribution in [0.2, 0.25) is 0 Å². The molecule has 106 valence electrons. The van der Waals surface area contributed by atoms with Crippen molar-refractivity contribution in [3.8, 4) is 11.5 Å². The van der Waals surface area contributed by atoms with Crippen molar-refractivity contribution in [1.29, 1.82) is 0 Å². The lowest BCUT2D eigenvalue weighted by Gasteiger charge is -2.21. The molecule has 0 saturated heterocycles. The van der Waals surface area contributed by atoms with Crippen LogP contribution in [-0.4, -0.2) is 18.3 Å². The van der Waals surface area contributed by atoms with Gasteiger partial charge in [-0.05, 0) is 42.4 Å². The molecule has 0 aliphatic heterocycles. The molecule has 3 heteroatoms. The lowest BCUT2D eigenvalue weighted by atomic mass is 9.93. The highest BCUT2D eigenvalue weighted by Crippen LogP contribution is 2.34. The number of methoxy groups -OCH3 is 1. The van der Waals surface area contributed by atoms with Crippen molar-refractivity contribution < 1.29 is 9.84 Å². The Balaban J connectivity index is 1.91. The summed E-state index contributed by atoms with van der Waals surface area (Å²) in [5, 5.41) is 13.4. The van der Waals surface area contributed by atoms with Gasteiger partial charge in [-0.15, -0.1) is 0 Å². The van der Waals surface area contributed by atoms with Crippen molar-refractivity contribution in [3.05, 3.63) is 23.8 Å². The standard InChI is InChI=1S/C16H25NO2/c1-4-13-6-7-14(11(13)2)17-10-12-5-8-16(19-3)15(18)9-12/h5,8-9,11,13-14,17-18H,4,6-7,10H2,1-3H3. The normalized spacial score (nSPS) is 26.6. The average Bonchev–Trinajstić information content (AvgIpc) is 2.77. The minimum absolute atomic E-state index is 0.215. The average molecular weight is 263 g/mol. The summed E-state index contributed by atoms with van der Waals surface area (Å²) in [6.45, 7) is 5.44. The maximum Gasteiger partial charge on any atom is 0.160 e. The van der Waals surface area contributed by atoms with Gasteiger partial charge in [0.25, 0.3) is 0 Å². The highest BCUT2D eigenvalue weighted by molar-refractivity contribution is 5.41. The number of phenolic OH excluding ortho intramolecular Hbond substituents is 1. The van der Waals surface area contributed by atoms with Gasteiger partial charge in [0.1, 0.15) is 0 Å². The Morgan fingerprint density at radius 2 is 2.16 bits per heavy atom. The van der Waals surface area contributed by atoms with Gasteiger partial charge in [0.05, 0.1) is 7.11 Å². The van der Waals surface area contributed by atoms with Gasteiger partial charge in [-0.25, -0.2) is 0 Å². The quantitative estimate of drug-likeness (QED) is 0.856. The predicted octanol–water partition coefficient (Wildman–Crippen LogP) is 3.32. The summed E-state index contributed by atoms with van der Waals surface area (Å²) in [4.78, 5) is 0. The van der Waals surface area contributed by atoms with Crippen molar-refractivity contribution in [1.82, 2.24) is 5.32 Å². The number of aromatic hydroxyl groups is 1. The minimum Gasteiger partial charge on any atom is -0.504 e. The summed E-state index contributed by atoms with van der Waals surface area (Å²) in [5.41, 5.74) is 1.10. The minimum atomic E-state index is 0.215. The van der Waals surface area contributed by atoms with Crippen LogP contribution in [0, 0.1) is 11.8 Å². The first-order chi connectivity index (χ1) is 9.15. The van der Waals surface area contributed by atoms with E-state index in [0.29, 0.717) is 11.8 Å². The molecule has 2 N–H and O–H groups in total. The zero-order valence-electron chi connectivity index (χ0n) is 12.1. The fourth-order valence-corrected chi connectivity index (χ4v) is 3.21. The van der Waals surface area contributed by atoms with Crippen LogP contribution in [0.25, 0.3) is 0 Å². The summed E-state index contributed by atoms with van der Waals surface area (Å²) >= 11 is 0. The first kappa shape index (κ1) is 14.2. The van der Waals surface area contributed by atoms with E-state index in [9.17, 15) is 5.11 Å². The van der Waals surface area contributed by atoms with Crippen LogP contribution >= 0.6 is 0 Å². The molecule has 19 heavy (non-hydrogen) atoms. The smallest absolute Gasteiger partial charge is 0.160 e. The topological polar surface area (TPSA) is 41.5 Å². The van der Waals surface area contributed by atoms with Crippen molar-refractivity contribution in [2.45, 2.75) is 45.7 Å². The first-order valence-corrected chi connectivity index (χ1v) is 7.25. The van der Waals surface area contributed by atoms with E-state index >= 15 is 0 Å². The molecule has 0 spiro atoms. The number of hydrogen-bond acceptors (Lipinski definition) is 3. The molecule has 0 aromatic heterocycles. The Hall–Kier alpha value is -1.22. The van der Waals surface area contributed by atoms with E-state index in [-0.39, 0.29) is 5.75 Å². The van der Waals surface area contributed by atoms with Gasteiger partial charge in [-0.2, -0.15) is 0 Å². The molecular formula is C16H25NO2. The molecule has 0 bridgehead atoms. The van der Waals surface area contributed by atoms with E-state index in [1.54, 1.807) is 13.2 Å². The van der Waals surface area contributed by atoms with Gasteiger partial charge in [-0.3, -0.25) is 0 Å². The lowest BCUT2D eigenvalue weighted by molar-refractivity contribution is 0.344. The van der Waals surface area contributed by atoms with E-state index in [1.165, 1.54) is 19.3 Å². The van der Waals surface area contributed by atoms with Gasteiger partial charge < -0.3 is 15.2 Å². The fourth-order valence-electron chi connectivity index (χ4n) is 3.21. The number of nitrogens with one attached hydrogen (secondary N) is 1. The fraction of sp³-hybridized carbons (Fsp3) is 0.625. The zero-order chi connectivity index (χ0) is 13.8. The molecule has 3 nitrogen and oxygen atoms in total. The molecule has 0 heterocycles. The SMILES string of the molecule is CCC1CCC(NCc2ccc(OC)c(O)c2)C1C. The lowest BCUT2D eigenvalue weighted by Crippen LogP contribution is -2.32. The molecule has 2 rings (SSSR count). The molecule has 1 aliphatic carbocycles. The Morgan fingerprint density at radius 1 is 1.37 bits per heavy atom. The number of benzene rings is 1. The predicted molar refractivity (Wildman–Crippen MR) is 77.5 cm³/mol. The number of ether oxygens (including phenoxy) is 1. The molecular weight excluding hydrogens is 238 g/mol. The molecule has 3 atom stereocenters. The highest BCUT2D eigenvalue weighted by atomic mass is 16.5. The maximum absolute atomic E-state index is 9.76. The number of rotatable bonds is 5. The summed E-state index contributed by atoms with van der Waals surface area (Å²) in [7, 11) is 1.57. The van der Waals surface area contributed by atoms with Gasteiger partial charge in [0.2, 0.25) is 0 Å². The van der Waals surface area contributed by atoms with Crippen LogP contribution in [0.1, 0.15) is 38.7 Å². The third-order valence-corrected chi connectivity index (χ3v) is 4.56. The van der Waals surface area contributed by atoms with Gasteiger partial charge in [0.15, 0.2) is 11.5 Å². The Bertz CT molecular complexity index is 419. The van der Waals surface area contributed by atoms with Crippen molar-refractivity contribution in [2.75, 3.05) is 7.11 Å². The number of hydrogen-bond donors (Lipinski definition) is 2. The molecule has 1 aromatic rings. The summed E-state index contributed by atoms with van der Waals surface area (Å²) in [6, 6.07) is 6.21. The molecule has 1 fully saturated rings. The second-order valence-corrected chi connectivity index (χ2v) is 5.60. The van der Waals surface area contributed by atoms with E-state index in [0.717, 1.165) is 23.9 Å². The number of phenols is 1. The monoisotopic (exact) mass is 263 g/mol. The first-order valence-electron chi connectivity index (χ1n) is 7.25. The van der Waals surface area contributed by atoms with Crippen LogP contribution < -0.4 is 10.1 Å². The molecule has 1 saturated carbocycles. The van der Waals surface area contributed by atoms with E-state index in [2.05, 4.69) is 19.2 Å². The van der Waals surface area contributed by atoms with Crippen LogP contribution in [0.15, 0.2) is 18.2 Å². The molecule has 3 unspecified atom stereocenters. The van der Waals surface area contributed by atoms with Crippen LogP contribution in [0.4, 0.5) is 0 Å².